The molecule has 272 valence electrons. The lowest BCUT2D eigenvalue weighted by Crippen LogP contribution is -2.50. The average Bonchev–Trinajstić information content (AvgIpc) is 3.05. The van der Waals surface area contributed by atoms with Crippen molar-refractivity contribution in [1.29, 1.82) is 5.26 Å². The van der Waals surface area contributed by atoms with Crippen molar-refractivity contribution in [2.45, 2.75) is 120 Å². The van der Waals surface area contributed by atoms with Gasteiger partial charge in [-0.05, 0) is 92.0 Å². The molecule has 2 aromatic carbocycles. The van der Waals surface area contributed by atoms with Gasteiger partial charge in [0.2, 0.25) is 0 Å². The lowest BCUT2D eigenvalue weighted by molar-refractivity contribution is -0.172. The highest BCUT2D eigenvalue weighted by atomic mass is 16.5. The number of methoxy groups -OCH3 is 1. The molecule has 0 aromatic heterocycles. The number of benzene rings is 2. The summed E-state index contributed by atoms with van der Waals surface area (Å²) < 4.78 is 28.8. The monoisotopic (exact) mass is 677 g/mol. The minimum absolute atomic E-state index is 0.0775. The van der Waals surface area contributed by atoms with Crippen molar-refractivity contribution in [3.8, 4) is 29.1 Å². The van der Waals surface area contributed by atoms with Crippen molar-refractivity contribution in [3.05, 3.63) is 47.5 Å². The van der Waals surface area contributed by atoms with Crippen molar-refractivity contribution >= 4 is 17.6 Å². The first-order valence-electron chi connectivity index (χ1n) is 18.2. The predicted octanol–water partition coefficient (Wildman–Crippen LogP) is 11.1. The Balaban J connectivity index is 1.71. The largest absolute Gasteiger partial charge is 0.493 e. The Labute approximate surface area is 297 Å². The van der Waals surface area contributed by atoms with Crippen molar-refractivity contribution in [2.24, 2.45) is 16.2 Å². The molecule has 0 unspecified atom stereocenters. The van der Waals surface area contributed by atoms with Crippen LogP contribution in [0.15, 0.2) is 36.4 Å². The van der Waals surface area contributed by atoms with Crippen LogP contribution in [0.25, 0.3) is 11.6 Å². The highest BCUT2D eigenvalue weighted by molar-refractivity contribution is 5.90. The maximum atomic E-state index is 13.0. The summed E-state index contributed by atoms with van der Waals surface area (Å²) in [5, 5.41) is 9.91. The molecule has 0 aliphatic rings. The van der Waals surface area contributed by atoms with Crippen molar-refractivity contribution in [3.63, 3.8) is 0 Å². The second-order valence-electron chi connectivity index (χ2n) is 14.9. The number of rotatable bonds is 21. The summed E-state index contributed by atoms with van der Waals surface area (Å²) in [7, 11) is 1.63. The molecule has 0 fully saturated rings. The maximum absolute atomic E-state index is 13.0. The number of hydrogen-bond acceptors (Lipinski definition) is 7. The Kier molecular flexibility index (Phi) is 17.0. The zero-order chi connectivity index (χ0) is 36.5. The lowest BCUT2D eigenvalue weighted by atomic mass is 9.55. The molecule has 0 N–H and O–H groups in total. The van der Waals surface area contributed by atoms with Gasteiger partial charge in [0.05, 0.1) is 50.6 Å². The third kappa shape index (κ3) is 12.3. The third-order valence-electron chi connectivity index (χ3n) is 9.66. The van der Waals surface area contributed by atoms with Gasteiger partial charge in [0.15, 0.2) is 23.0 Å². The molecule has 0 saturated heterocycles. The van der Waals surface area contributed by atoms with Crippen LogP contribution in [0.2, 0.25) is 0 Å². The summed E-state index contributed by atoms with van der Waals surface area (Å²) in [4.78, 5) is 13.0. The van der Waals surface area contributed by atoms with E-state index in [4.69, 9.17) is 23.7 Å². The molecule has 2 aromatic rings. The molecule has 0 aliphatic heterocycles. The van der Waals surface area contributed by atoms with Gasteiger partial charge in [0.1, 0.15) is 0 Å². The normalized spacial score (nSPS) is 12.3. The number of carbonyl (C=O) groups is 1. The van der Waals surface area contributed by atoms with E-state index in [1.54, 1.807) is 7.11 Å². The van der Waals surface area contributed by atoms with Crippen LogP contribution in [0, 0.1) is 27.6 Å². The van der Waals surface area contributed by atoms with Crippen molar-refractivity contribution < 1.29 is 28.5 Å². The van der Waals surface area contributed by atoms with E-state index in [1.165, 1.54) is 32.1 Å². The molecule has 0 saturated carbocycles. The van der Waals surface area contributed by atoms with Crippen LogP contribution in [0.3, 0.4) is 0 Å². The van der Waals surface area contributed by atoms with E-state index in [2.05, 4.69) is 47.6 Å². The van der Waals surface area contributed by atoms with Crippen LogP contribution in [0.4, 0.5) is 0 Å². The van der Waals surface area contributed by atoms with Gasteiger partial charge in [-0.1, -0.05) is 92.6 Å². The lowest BCUT2D eigenvalue weighted by Gasteiger charge is -2.48. The van der Waals surface area contributed by atoms with Crippen molar-refractivity contribution in [2.75, 3.05) is 33.5 Å². The number of unbranched alkanes of at least 4 members (excludes halogenated alkanes) is 8. The van der Waals surface area contributed by atoms with E-state index >= 15 is 0 Å². The molecular weight excluding hydrogens is 614 g/mol. The van der Waals surface area contributed by atoms with Gasteiger partial charge >= 0.3 is 5.97 Å². The fourth-order valence-corrected chi connectivity index (χ4v) is 6.13. The van der Waals surface area contributed by atoms with Crippen LogP contribution >= 0.6 is 0 Å². The van der Waals surface area contributed by atoms with Crippen LogP contribution in [0.1, 0.15) is 131 Å². The standard InChI is InChI=1S/C42H63NO6/c1-11-46-36-25-23-33(30-38(36)47-12-2)34(31-43)28-32-22-24-35(37(29-32)45-10)48-26-20-18-16-14-13-15-17-19-21-27-49-39(44)42(9,40(3,4)5)41(6,7)8/h22-25,28-30H,11-21,26-27H2,1-10H3/b34-28+. The second kappa shape index (κ2) is 20.1. The van der Waals surface area contributed by atoms with Gasteiger partial charge in [-0.25, -0.2) is 0 Å². The van der Waals surface area contributed by atoms with E-state index in [-0.39, 0.29) is 16.8 Å². The Bertz CT molecular complexity index is 1360. The molecule has 7 nitrogen and oxygen atoms in total. The minimum atomic E-state index is -0.545. The molecule has 2 rings (SSSR count). The summed E-state index contributed by atoms with van der Waals surface area (Å²) in [6.07, 6.45) is 12.0. The van der Waals surface area contributed by atoms with Gasteiger partial charge in [0, 0.05) is 0 Å². The molecular formula is C42H63NO6. The Morgan fingerprint density at radius 3 is 1.71 bits per heavy atom. The first-order chi connectivity index (χ1) is 23.2. The fourth-order valence-electron chi connectivity index (χ4n) is 6.13. The van der Waals surface area contributed by atoms with Gasteiger partial charge in [-0.2, -0.15) is 5.26 Å². The van der Waals surface area contributed by atoms with E-state index in [1.807, 2.05) is 63.2 Å². The molecule has 0 atom stereocenters. The minimum Gasteiger partial charge on any atom is -0.493 e. The van der Waals surface area contributed by atoms with E-state index in [0.29, 0.717) is 55.0 Å². The third-order valence-corrected chi connectivity index (χ3v) is 9.66. The highest BCUT2D eigenvalue weighted by Gasteiger charge is 2.53. The SMILES string of the molecule is CCOc1ccc(/C(C#N)=C/c2ccc(OCCCCCCCCCCCOC(=O)C(C)(C(C)(C)C)C(C)(C)C)c(OC)c2)cc1OCC. The molecule has 0 bridgehead atoms. The molecule has 0 amide bonds. The number of allylic oxidation sites excluding steroid dienone is 1. The number of carbonyl (C=O) groups excluding carboxylic acids is 1. The summed E-state index contributed by atoms with van der Waals surface area (Å²) >= 11 is 0. The van der Waals surface area contributed by atoms with Crippen molar-refractivity contribution in [1.82, 2.24) is 0 Å². The molecule has 7 heteroatoms. The second-order valence-corrected chi connectivity index (χ2v) is 14.9. The Morgan fingerprint density at radius 1 is 0.673 bits per heavy atom. The molecule has 0 heterocycles. The van der Waals surface area contributed by atoms with Crippen LogP contribution in [-0.2, 0) is 9.53 Å². The quantitative estimate of drug-likeness (QED) is 0.0562. The topological polar surface area (TPSA) is 87.0 Å². The van der Waals surface area contributed by atoms with Gasteiger partial charge in [0.25, 0.3) is 0 Å². The molecule has 0 radical (unpaired) electrons. The zero-order valence-electron chi connectivity index (χ0n) is 32.1. The zero-order valence-corrected chi connectivity index (χ0v) is 32.1. The predicted molar refractivity (Wildman–Crippen MR) is 200 cm³/mol. The van der Waals surface area contributed by atoms with E-state index in [0.717, 1.165) is 36.8 Å². The van der Waals surface area contributed by atoms with Crippen LogP contribution in [-0.4, -0.2) is 39.5 Å². The molecule has 49 heavy (non-hydrogen) atoms. The Morgan fingerprint density at radius 2 is 1.18 bits per heavy atom. The average molecular weight is 678 g/mol. The number of hydrogen-bond donors (Lipinski definition) is 0. The highest BCUT2D eigenvalue weighted by Crippen LogP contribution is 2.52. The summed E-state index contributed by atoms with van der Waals surface area (Å²) in [6, 6.07) is 13.6. The summed E-state index contributed by atoms with van der Waals surface area (Å²) in [5.74, 6) is 2.55. The first kappa shape index (κ1) is 41.5. The molecule has 0 aliphatic carbocycles. The van der Waals surface area contributed by atoms with E-state index < -0.39 is 5.41 Å². The maximum Gasteiger partial charge on any atom is 0.312 e. The number of nitrogens with zero attached hydrogens (tertiary/aromatic N) is 1. The van der Waals surface area contributed by atoms with Gasteiger partial charge in [-0.15, -0.1) is 0 Å². The number of ether oxygens (including phenoxy) is 5. The first-order valence-corrected chi connectivity index (χ1v) is 18.2. The number of esters is 1. The smallest absolute Gasteiger partial charge is 0.312 e. The number of nitriles is 1. The molecule has 0 spiro atoms. The fraction of sp³-hybridized carbons (Fsp3) is 0.619. The Hall–Kier alpha value is -3.66. The summed E-state index contributed by atoms with van der Waals surface area (Å²) in [6.45, 7) is 20.8. The van der Waals surface area contributed by atoms with Crippen LogP contribution < -0.4 is 18.9 Å². The van der Waals surface area contributed by atoms with Gasteiger partial charge < -0.3 is 23.7 Å². The van der Waals surface area contributed by atoms with Gasteiger partial charge in [-0.3, -0.25) is 4.79 Å². The van der Waals surface area contributed by atoms with E-state index in [9.17, 15) is 10.1 Å². The van der Waals surface area contributed by atoms with Crippen LogP contribution in [0.5, 0.6) is 23.0 Å². The summed E-state index contributed by atoms with van der Waals surface area (Å²) in [5.41, 5.74) is 1.22.